The van der Waals surface area contributed by atoms with E-state index in [2.05, 4.69) is 0 Å². The van der Waals surface area contributed by atoms with Crippen molar-refractivity contribution in [1.82, 2.24) is 4.57 Å². The maximum Gasteiger partial charge on any atom is 0.341 e. The molecule has 0 aliphatic carbocycles. The molecular formula is C23H18FNO5. The van der Waals surface area contributed by atoms with Crippen LogP contribution in [0.5, 0.6) is 11.5 Å². The quantitative estimate of drug-likeness (QED) is 0.510. The fourth-order valence-corrected chi connectivity index (χ4v) is 3.15. The van der Waals surface area contributed by atoms with Crippen molar-refractivity contribution in [3.8, 4) is 11.5 Å². The van der Waals surface area contributed by atoms with E-state index < -0.39 is 11.1 Å². The first kappa shape index (κ1) is 19.4. The lowest BCUT2D eigenvalue weighted by Crippen LogP contribution is -2.15. The van der Waals surface area contributed by atoms with Crippen LogP contribution in [-0.2, 0) is 13.2 Å². The van der Waals surface area contributed by atoms with Crippen molar-refractivity contribution >= 4 is 11.0 Å². The van der Waals surface area contributed by atoms with Gasteiger partial charge in [-0.05, 0) is 42.8 Å². The second kappa shape index (κ2) is 7.87. The maximum absolute atomic E-state index is 13.3. The molecule has 0 aliphatic rings. The van der Waals surface area contributed by atoms with E-state index in [4.69, 9.17) is 9.15 Å². The highest BCUT2D eigenvalue weighted by Gasteiger charge is 2.11. The van der Waals surface area contributed by atoms with Gasteiger partial charge in [-0.1, -0.05) is 12.1 Å². The minimum atomic E-state index is -0.526. The van der Waals surface area contributed by atoms with Crippen LogP contribution in [0.4, 0.5) is 4.39 Å². The molecule has 0 amide bonds. The Bertz CT molecular complexity index is 1360. The lowest BCUT2D eigenvalue weighted by atomic mass is 10.1. The van der Waals surface area contributed by atoms with Gasteiger partial charge in [-0.2, -0.15) is 0 Å². The van der Waals surface area contributed by atoms with Crippen LogP contribution in [0.15, 0.2) is 74.8 Å². The van der Waals surface area contributed by atoms with Crippen molar-refractivity contribution < 1.29 is 18.7 Å². The van der Waals surface area contributed by atoms with Crippen LogP contribution in [0, 0.1) is 12.7 Å². The second-order valence-electron chi connectivity index (χ2n) is 6.92. The molecular weight excluding hydrogens is 389 g/mol. The molecule has 2 aromatic carbocycles. The molecule has 2 aromatic heterocycles. The highest BCUT2D eigenvalue weighted by Crippen LogP contribution is 2.22. The number of hydrogen-bond acceptors (Lipinski definition) is 5. The van der Waals surface area contributed by atoms with Crippen molar-refractivity contribution in [2.75, 3.05) is 0 Å². The van der Waals surface area contributed by atoms with Gasteiger partial charge in [0.05, 0.1) is 17.8 Å². The molecule has 7 heteroatoms. The molecule has 0 fully saturated rings. The molecule has 30 heavy (non-hydrogen) atoms. The Hall–Kier alpha value is -3.87. The topological polar surface area (TPSA) is 81.7 Å². The molecule has 0 unspecified atom stereocenters. The van der Waals surface area contributed by atoms with Crippen LogP contribution in [0.2, 0.25) is 0 Å². The molecule has 152 valence electrons. The minimum absolute atomic E-state index is 0.149. The van der Waals surface area contributed by atoms with Gasteiger partial charge in [0.25, 0.3) is 0 Å². The molecule has 2 heterocycles. The predicted octanol–water partition coefficient (Wildman–Crippen LogP) is 3.74. The molecule has 0 saturated heterocycles. The van der Waals surface area contributed by atoms with Crippen molar-refractivity contribution in [2.45, 2.75) is 20.1 Å². The average Bonchev–Trinajstić information content (AvgIpc) is 2.73. The standard InChI is InChI=1S/C23H18FNO5/c1-14-22(27)20(26)7-8-25(14)12-17-10-16-5-6-19(11-21(16)30-23(17)28)29-13-15-3-2-4-18(24)9-15/h2-11,27H,12-13H2,1H3. The first-order chi connectivity index (χ1) is 14.4. The van der Waals surface area contributed by atoms with E-state index in [0.717, 1.165) is 0 Å². The average molecular weight is 407 g/mol. The van der Waals surface area contributed by atoms with Gasteiger partial charge < -0.3 is 18.8 Å². The van der Waals surface area contributed by atoms with Gasteiger partial charge >= 0.3 is 5.63 Å². The Morgan fingerprint density at radius 2 is 1.93 bits per heavy atom. The van der Waals surface area contributed by atoms with Crippen molar-refractivity contribution in [3.63, 3.8) is 0 Å². The number of halogens is 1. The molecule has 0 bridgehead atoms. The number of pyridine rings is 1. The summed E-state index contributed by atoms with van der Waals surface area (Å²) in [7, 11) is 0. The van der Waals surface area contributed by atoms with Gasteiger partial charge in [-0.25, -0.2) is 9.18 Å². The van der Waals surface area contributed by atoms with Gasteiger partial charge in [-0.3, -0.25) is 4.79 Å². The summed E-state index contributed by atoms with van der Waals surface area (Å²) < 4.78 is 26.0. The number of nitrogens with zero attached hydrogens (tertiary/aromatic N) is 1. The summed E-state index contributed by atoms with van der Waals surface area (Å²) in [5.41, 5.74) is 0.791. The van der Waals surface area contributed by atoms with Gasteiger partial charge in [-0.15, -0.1) is 0 Å². The smallest absolute Gasteiger partial charge is 0.341 e. The van der Waals surface area contributed by atoms with Crippen LogP contribution in [0.3, 0.4) is 0 Å². The van der Waals surface area contributed by atoms with E-state index >= 15 is 0 Å². The molecule has 4 rings (SSSR count). The molecule has 0 radical (unpaired) electrons. The van der Waals surface area contributed by atoms with Gasteiger partial charge in [0.1, 0.15) is 23.8 Å². The van der Waals surface area contributed by atoms with Gasteiger partial charge in [0, 0.05) is 23.7 Å². The van der Waals surface area contributed by atoms with Gasteiger partial charge in [0.15, 0.2) is 5.75 Å². The van der Waals surface area contributed by atoms with Crippen molar-refractivity contribution in [2.24, 2.45) is 0 Å². The van der Waals surface area contributed by atoms with Crippen LogP contribution in [0.25, 0.3) is 11.0 Å². The third-order valence-corrected chi connectivity index (χ3v) is 4.83. The highest BCUT2D eigenvalue weighted by atomic mass is 19.1. The molecule has 0 saturated carbocycles. The number of fused-ring (bicyclic) bond motifs is 1. The Morgan fingerprint density at radius 3 is 2.73 bits per heavy atom. The number of aromatic nitrogens is 1. The van der Waals surface area contributed by atoms with Crippen molar-refractivity contribution in [3.05, 3.63) is 104 Å². The second-order valence-corrected chi connectivity index (χ2v) is 6.92. The maximum atomic E-state index is 13.3. The molecule has 0 atom stereocenters. The number of rotatable bonds is 5. The third-order valence-electron chi connectivity index (χ3n) is 4.83. The van der Waals surface area contributed by atoms with E-state index in [1.807, 2.05) is 0 Å². The Kier molecular flexibility index (Phi) is 5.10. The molecule has 6 nitrogen and oxygen atoms in total. The van der Waals surface area contributed by atoms with Crippen LogP contribution < -0.4 is 15.8 Å². The molecule has 4 aromatic rings. The summed E-state index contributed by atoms with van der Waals surface area (Å²) in [6.45, 7) is 1.93. The summed E-state index contributed by atoms with van der Waals surface area (Å²) in [4.78, 5) is 23.9. The highest BCUT2D eigenvalue weighted by molar-refractivity contribution is 5.78. The first-order valence-corrected chi connectivity index (χ1v) is 9.24. The lowest BCUT2D eigenvalue weighted by Gasteiger charge is -2.11. The van der Waals surface area contributed by atoms with Crippen LogP contribution >= 0.6 is 0 Å². The van der Waals surface area contributed by atoms with E-state index in [0.29, 0.717) is 33.5 Å². The number of aromatic hydroxyl groups is 1. The number of benzene rings is 2. The fourth-order valence-electron chi connectivity index (χ4n) is 3.15. The summed E-state index contributed by atoms with van der Waals surface area (Å²) in [6, 6.07) is 14.2. The van der Waals surface area contributed by atoms with E-state index in [-0.39, 0.29) is 24.7 Å². The summed E-state index contributed by atoms with van der Waals surface area (Å²) in [6.07, 6.45) is 1.52. The zero-order valence-corrected chi connectivity index (χ0v) is 16.1. The van der Waals surface area contributed by atoms with Crippen molar-refractivity contribution in [1.29, 1.82) is 0 Å². The summed E-state index contributed by atoms with van der Waals surface area (Å²) >= 11 is 0. The van der Waals surface area contributed by atoms with E-state index in [1.54, 1.807) is 47.9 Å². The van der Waals surface area contributed by atoms with E-state index in [9.17, 15) is 19.1 Å². The Labute approximate surface area is 170 Å². The Morgan fingerprint density at radius 1 is 1.10 bits per heavy atom. The molecule has 0 aliphatic heterocycles. The minimum Gasteiger partial charge on any atom is -0.503 e. The SMILES string of the molecule is Cc1c(O)c(=O)ccn1Cc1cc2ccc(OCc3cccc(F)c3)cc2oc1=O. The van der Waals surface area contributed by atoms with Crippen LogP contribution in [0.1, 0.15) is 16.8 Å². The van der Waals surface area contributed by atoms with Gasteiger partial charge in [0.2, 0.25) is 5.43 Å². The normalized spacial score (nSPS) is 11.0. The predicted molar refractivity (Wildman–Crippen MR) is 109 cm³/mol. The lowest BCUT2D eigenvalue weighted by molar-refractivity contribution is 0.305. The van der Waals surface area contributed by atoms with Crippen LogP contribution in [-0.4, -0.2) is 9.67 Å². The molecule has 0 spiro atoms. The zero-order chi connectivity index (χ0) is 21.3. The monoisotopic (exact) mass is 407 g/mol. The first-order valence-electron chi connectivity index (χ1n) is 9.24. The number of hydrogen-bond donors (Lipinski definition) is 1. The summed E-state index contributed by atoms with van der Waals surface area (Å²) in [5.74, 6) is -0.189. The third kappa shape index (κ3) is 3.96. The summed E-state index contributed by atoms with van der Waals surface area (Å²) in [5, 5.41) is 10.5. The Balaban J connectivity index is 1.59. The zero-order valence-electron chi connectivity index (χ0n) is 16.1. The van der Waals surface area contributed by atoms with E-state index in [1.165, 1.54) is 24.4 Å². The molecule has 1 N–H and O–H groups in total. The number of ether oxygens (including phenoxy) is 1. The largest absolute Gasteiger partial charge is 0.503 e. The fraction of sp³-hybridized carbons (Fsp3) is 0.130.